The molecule has 2 atom stereocenters. The highest BCUT2D eigenvalue weighted by Gasteiger charge is 2.28. The number of allylic oxidation sites excluding steroid dienone is 1. The van der Waals surface area contributed by atoms with E-state index in [4.69, 9.17) is 0 Å². The number of ketones is 1. The van der Waals surface area contributed by atoms with Crippen LogP contribution in [0.15, 0.2) is 66.7 Å². The van der Waals surface area contributed by atoms with Gasteiger partial charge in [-0.1, -0.05) is 85.7 Å². The molecular formula is C22H24O. The second-order valence-electron chi connectivity index (χ2n) is 6.38. The molecular weight excluding hydrogens is 280 g/mol. The summed E-state index contributed by atoms with van der Waals surface area (Å²) in [5.74, 6) is 0.746. The number of benzene rings is 2. The van der Waals surface area contributed by atoms with E-state index in [9.17, 15) is 4.79 Å². The van der Waals surface area contributed by atoms with E-state index in [2.05, 4.69) is 48.6 Å². The molecule has 0 aliphatic heterocycles. The fourth-order valence-electron chi connectivity index (χ4n) is 3.50. The molecule has 0 bridgehead atoms. The van der Waals surface area contributed by atoms with E-state index in [0.717, 1.165) is 19.3 Å². The Morgan fingerprint density at radius 3 is 2.30 bits per heavy atom. The molecule has 1 fully saturated rings. The van der Waals surface area contributed by atoms with Crippen molar-refractivity contribution in [3.05, 3.63) is 77.9 Å². The maximum atomic E-state index is 12.6. The minimum Gasteiger partial charge on any atom is -0.299 e. The smallest absolute Gasteiger partial charge is 0.136 e. The summed E-state index contributed by atoms with van der Waals surface area (Å²) in [5.41, 5.74) is 2.44. The van der Waals surface area contributed by atoms with Gasteiger partial charge in [-0.2, -0.15) is 0 Å². The highest BCUT2D eigenvalue weighted by molar-refractivity contribution is 5.82. The minimum absolute atomic E-state index is 0.125. The molecule has 0 amide bonds. The average Bonchev–Trinajstić information content (AvgIpc) is 2.82. The Labute approximate surface area is 139 Å². The molecule has 1 saturated carbocycles. The first-order chi connectivity index (χ1) is 11.3. The minimum atomic E-state index is 0.125. The first-order valence-electron chi connectivity index (χ1n) is 8.65. The quantitative estimate of drug-likeness (QED) is 0.669. The lowest BCUT2D eigenvalue weighted by atomic mass is 9.80. The van der Waals surface area contributed by atoms with Crippen molar-refractivity contribution < 1.29 is 4.79 Å². The van der Waals surface area contributed by atoms with Crippen LogP contribution in [0.2, 0.25) is 0 Å². The molecule has 0 N–H and O–H groups in total. The molecule has 0 spiro atoms. The summed E-state index contributed by atoms with van der Waals surface area (Å²) in [5, 5.41) is 0. The summed E-state index contributed by atoms with van der Waals surface area (Å²) >= 11 is 0. The maximum absolute atomic E-state index is 12.6. The van der Waals surface area contributed by atoms with Crippen LogP contribution < -0.4 is 0 Å². The Morgan fingerprint density at radius 2 is 1.57 bits per heavy atom. The number of rotatable bonds is 4. The Bertz CT molecular complexity index is 642. The Morgan fingerprint density at radius 1 is 0.870 bits per heavy atom. The van der Waals surface area contributed by atoms with Crippen LogP contribution in [-0.4, -0.2) is 5.78 Å². The summed E-state index contributed by atoms with van der Waals surface area (Å²) in [6, 6.07) is 20.8. The van der Waals surface area contributed by atoms with E-state index in [-0.39, 0.29) is 11.8 Å². The van der Waals surface area contributed by atoms with Crippen LogP contribution in [0.4, 0.5) is 0 Å². The van der Waals surface area contributed by atoms with E-state index in [1.807, 2.05) is 24.3 Å². The summed E-state index contributed by atoms with van der Waals surface area (Å²) in [7, 11) is 0. The van der Waals surface area contributed by atoms with E-state index in [0.29, 0.717) is 5.78 Å². The largest absolute Gasteiger partial charge is 0.299 e. The maximum Gasteiger partial charge on any atom is 0.136 e. The van der Waals surface area contributed by atoms with Crippen molar-refractivity contribution in [2.24, 2.45) is 5.92 Å². The average molecular weight is 304 g/mol. The molecule has 0 unspecified atom stereocenters. The fraction of sp³-hybridized carbons (Fsp3) is 0.318. The van der Waals surface area contributed by atoms with Gasteiger partial charge in [0.2, 0.25) is 0 Å². The Balaban J connectivity index is 1.90. The van der Waals surface area contributed by atoms with E-state index in [1.54, 1.807) is 0 Å². The molecule has 0 radical (unpaired) electrons. The first kappa shape index (κ1) is 15.7. The molecule has 23 heavy (non-hydrogen) atoms. The van der Waals surface area contributed by atoms with Crippen LogP contribution in [0, 0.1) is 5.92 Å². The van der Waals surface area contributed by atoms with Gasteiger partial charge in [-0.3, -0.25) is 4.79 Å². The third-order valence-electron chi connectivity index (χ3n) is 4.77. The van der Waals surface area contributed by atoms with Gasteiger partial charge in [0.05, 0.1) is 0 Å². The molecule has 0 saturated heterocycles. The Hall–Kier alpha value is -2.15. The van der Waals surface area contributed by atoms with Gasteiger partial charge in [0.25, 0.3) is 0 Å². The zero-order chi connectivity index (χ0) is 15.9. The molecule has 3 rings (SSSR count). The zero-order valence-corrected chi connectivity index (χ0v) is 13.5. The lowest BCUT2D eigenvalue weighted by Crippen LogP contribution is -2.20. The Kier molecular flexibility index (Phi) is 5.42. The van der Waals surface area contributed by atoms with Gasteiger partial charge < -0.3 is 0 Å². The van der Waals surface area contributed by atoms with Gasteiger partial charge in [-0.05, 0) is 24.0 Å². The van der Waals surface area contributed by atoms with Crippen LogP contribution >= 0.6 is 0 Å². The molecule has 1 aliphatic rings. The zero-order valence-electron chi connectivity index (χ0n) is 13.5. The van der Waals surface area contributed by atoms with Gasteiger partial charge >= 0.3 is 0 Å². The molecule has 1 heteroatoms. The van der Waals surface area contributed by atoms with Crippen molar-refractivity contribution >= 4 is 11.9 Å². The van der Waals surface area contributed by atoms with Crippen molar-refractivity contribution in [2.45, 2.75) is 38.0 Å². The summed E-state index contributed by atoms with van der Waals surface area (Å²) < 4.78 is 0. The summed E-state index contributed by atoms with van der Waals surface area (Å²) in [4.78, 5) is 12.6. The molecule has 118 valence electrons. The molecule has 0 heterocycles. The van der Waals surface area contributed by atoms with Crippen molar-refractivity contribution in [1.82, 2.24) is 0 Å². The van der Waals surface area contributed by atoms with Gasteiger partial charge in [0.15, 0.2) is 0 Å². The van der Waals surface area contributed by atoms with Crippen LogP contribution in [0.5, 0.6) is 0 Å². The van der Waals surface area contributed by atoms with Crippen LogP contribution in [0.25, 0.3) is 6.08 Å². The molecule has 0 aromatic heterocycles. The first-order valence-corrected chi connectivity index (χ1v) is 8.65. The van der Waals surface area contributed by atoms with Gasteiger partial charge in [0, 0.05) is 18.3 Å². The molecule has 2 aromatic rings. The van der Waals surface area contributed by atoms with Crippen LogP contribution in [0.3, 0.4) is 0 Å². The van der Waals surface area contributed by atoms with E-state index < -0.39 is 0 Å². The predicted molar refractivity (Wildman–Crippen MR) is 96.2 cm³/mol. The number of carbonyl (C=O) groups is 1. The van der Waals surface area contributed by atoms with Crippen LogP contribution in [0.1, 0.15) is 49.1 Å². The molecule has 1 nitrogen and oxygen atoms in total. The lowest BCUT2D eigenvalue weighted by Gasteiger charge is -2.23. The number of hydrogen-bond donors (Lipinski definition) is 0. The SMILES string of the molecule is O=C1CCCCC[C@@H]1[C@H](/C=C/c1ccccc1)c1ccccc1. The molecule has 2 aromatic carbocycles. The van der Waals surface area contributed by atoms with Crippen molar-refractivity contribution in [3.63, 3.8) is 0 Å². The summed E-state index contributed by atoms with van der Waals surface area (Å²) in [6.45, 7) is 0. The van der Waals surface area contributed by atoms with Gasteiger partial charge in [0.1, 0.15) is 5.78 Å². The number of hydrogen-bond acceptors (Lipinski definition) is 1. The number of carbonyl (C=O) groups excluding carboxylic acids is 1. The van der Waals surface area contributed by atoms with Crippen molar-refractivity contribution in [3.8, 4) is 0 Å². The van der Waals surface area contributed by atoms with Crippen molar-refractivity contribution in [2.75, 3.05) is 0 Å². The van der Waals surface area contributed by atoms with Gasteiger partial charge in [-0.15, -0.1) is 0 Å². The van der Waals surface area contributed by atoms with Crippen molar-refractivity contribution in [1.29, 1.82) is 0 Å². The second-order valence-corrected chi connectivity index (χ2v) is 6.38. The van der Waals surface area contributed by atoms with E-state index >= 15 is 0 Å². The highest BCUT2D eigenvalue weighted by Crippen LogP contribution is 2.34. The monoisotopic (exact) mass is 304 g/mol. The second kappa shape index (κ2) is 7.92. The van der Waals surface area contributed by atoms with E-state index in [1.165, 1.54) is 24.0 Å². The van der Waals surface area contributed by atoms with Gasteiger partial charge in [-0.25, -0.2) is 0 Å². The summed E-state index contributed by atoms with van der Waals surface area (Å²) in [6.07, 6.45) is 9.56. The highest BCUT2D eigenvalue weighted by atomic mass is 16.1. The third-order valence-corrected chi connectivity index (χ3v) is 4.77. The lowest BCUT2D eigenvalue weighted by molar-refractivity contribution is -0.123. The standard InChI is InChI=1S/C22H24O/c23-22-15-9-3-8-14-21(22)20(19-12-6-2-7-13-19)17-16-18-10-4-1-5-11-18/h1-2,4-7,10-13,16-17,20-21H,3,8-9,14-15H2/b17-16+/t20-,21-/m1/s1. The predicted octanol–water partition coefficient (Wildman–Crippen LogP) is 5.63. The normalized spacial score (nSPS) is 20.3. The fourth-order valence-corrected chi connectivity index (χ4v) is 3.50. The molecule has 1 aliphatic carbocycles. The number of Topliss-reactive ketones (excluding diaryl/α,β-unsaturated/α-hetero) is 1. The topological polar surface area (TPSA) is 17.1 Å². The van der Waals surface area contributed by atoms with Crippen LogP contribution in [-0.2, 0) is 4.79 Å². The third kappa shape index (κ3) is 4.19.